The van der Waals surface area contributed by atoms with Crippen molar-refractivity contribution in [2.24, 2.45) is 5.41 Å². The molecule has 0 spiro atoms. The van der Waals surface area contributed by atoms with Crippen LogP contribution in [0.3, 0.4) is 0 Å². The molecule has 1 aliphatic heterocycles. The Morgan fingerprint density at radius 3 is 1.79 bits per heavy atom. The van der Waals surface area contributed by atoms with Gasteiger partial charge in [-0.3, -0.25) is 4.79 Å². The molecule has 0 saturated carbocycles. The van der Waals surface area contributed by atoms with Crippen LogP contribution in [-0.2, 0) is 11.0 Å². The number of nitrogens with zero attached hydrogens (tertiary/aromatic N) is 4. The first-order chi connectivity index (χ1) is 13.5. The Hall–Kier alpha value is -2.84. The first-order valence-corrected chi connectivity index (χ1v) is 9.35. The van der Waals surface area contributed by atoms with Crippen molar-refractivity contribution in [1.82, 2.24) is 9.97 Å². The summed E-state index contributed by atoms with van der Waals surface area (Å²) in [6.07, 6.45) is -1.44. The van der Waals surface area contributed by atoms with Gasteiger partial charge < -0.3 is 15.1 Å². The molecule has 156 valence electrons. The second-order valence-corrected chi connectivity index (χ2v) is 7.98. The predicted molar refractivity (Wildman–Crippen MR) is 106 cm³/mol. The SMILES string of the molecule is CC(C)(C)C(=O)Nc1ccc(N2CCN(c3ccc(C(F)(F)F)nc3)CC2)cn1. The summed E-state index contributed by atoms with van der Waals surface area (Å²) in [7, 11) is 0. The molecule has 0 aromatic carbocycles. The quantitative estimate of drug-likeness (QED) is 0.839. The van der Waals surface area contributed by atoms with E-state index < -0.39 is 17.3 Å². The van der Waals surface area contributed by atoms with Crippen LogP contribution >= 0.6 is 0 Å². The van der Waals surface area contributed by atoms with Gasteiger partial charge in [-0.25, -0.2) is 9.97 Å². The fourth-order valence-electron chi connectivity index (χ4n) is 2.91. The zero-order valence-corrected chi connectivity index (χ0v) is 16.6. The van der Waals surface area contributed by atoms with Crippen LogP contribution in [0.5, 0.6) is 0 Å². The molecule has 1 amide bonds. The van der Waals surface area contributed by atoms with Crippen LogP contribution in [0, 0.1) is 5.41 Å². The topological polar surface area (TPSA) is 61.4 Å². The summed E-state index contributed by atoms with van der Waals surface area (Å²) in [5.74, 6) is 0.402. The van der Waals surface area contributed by atoms with Crippen LogP contribution in [0.4, 0.5) is 30.4 Å². The average molecular weight is 407 g/mol. The largest absolute Gasteiger partial charge is 0.433 e. The maximum absolute atomic E-state index is 12.6. The zero-order valence-electron chi connectivity index (χ0n) is 16.6. The van der Waals surface area contributed by atoms with Crippen molar-refractivity contribution in [3.05, 3.63) is 42.4 Å². The molecule has 29 heavy (non-hydrogen) atoms. The number of piperazine rings is 1. The van der Waals surface area contributed by atoms with E-state index in [1.807, 2.05) is 31.7 Å². The Labute approximate surface area is 167 Å². The number of rotatable bonds is 3. The highest BCUT2D eigenvalue weighted by Crippen LogP contribution is 2.29. The van der Waals surface area contributed by atoms with Crippen molar-refractivity contribution in [3.63, 3.8) is 0 Å². The molecule has 9 heteroatoms. The zero-order chi connectivity index (χ0) is 21.2. The van der Waals surface area contributed by atoms with E-state index in [0.29, 0.717) is 37.7 Å². The maximum atomic E-state index is 12.6. The summed E-state index contributed by atoms with van der Waals surface area (Å²) in [5, 5.41) is 2.79. The fraction of sp³-hybridized carbons (Fsp3) is 0.450. The van der Waals surface area contributed by atoms with Gasteiger partial charge in [-0.1, -0.05) is 20.8 Å². The molecule has 1 N–H and O–H groups in total. The van der Waals surface area contributed by atoms with Gasteiger partial charge in [-0.15, -0.1) is 0 Å². The van der Waals surface area contributed by atoms with Gasteiger partial charge in [0.1, 0.15) is 11.5 Å². The molecule has 0 unspecified atom stereocenters. The summed E-state index contributed by atoms with van der Waals surface area (Å²) in [4.78, 5) is 24.0. The molecule has 1 aliphatic rings. The molecule has 0 bridgehead atoms. The number of aromatic nitrogens is 2. The van der Waals surface area contributed by atoms with Gasteiger partial charge in [0.05, 0.1) is 23.8 Å². The van der Waals surface area contributed by atoms with E-state index >= 15 is 0 Å². The van der Waals surface area contributed by atoms with Gasteiger partial charge in [0.15, 0.2) is 0 Å². The summed E-state index contributed by atoms with van der Waals surface area (Å²) < 4.78 is 37.9. The molecule has 1 saturated heterocycles. The predicted octanol–water partition coefficient (Wildman–Crippen LogP) is 3.81. The summed E-state index contributed by atoms with van der Waals surface area (Å²) in [6, 6.07) is 6.14. The summed E-state index contributed by atoms with van der Waals surface area (Å²) in [5.41, 5.74) is 0.230. The van der Waals surface area contributed by atoms with Crippen LogP contribution in [0.15, 0.2) is 36.7 Å². The van der Waals surface area contributed by atoms with Gasteiger partial charge in [0, 0.05) is 31.6 Å². The Kier molecular flexibility index (Phi) is 5.68. The van der Waals surface area contributed by atoms with Crippen molar-refractivity contribution in [2.45, 2.75) is 26.9 Å². The van der Waals surface area contributed by atoms with E-state index in [4.69, 9.17) is 0 Å². The fourth-order valence-corrected chi connectivity index (χ4v) is 2.91. The lowest BCUT2D eigenvalue weighted by atomic mass is 9.96. The minimum Gasteiger partial charge on any atom is -0.367 e. The number of carbonyl (C=O) groups is 1. The third-order valence-electron chi connectivity index (χ3n) is 4.72. The minimum absolute atomic E-state index is 0.100. The standard InChI is InChI=1S/C20H24F3N5O/c1-19(2,3)18(29)26-17-7-5-15(13-25-17)28-10-8-27(9-11-28)14-4-6-16(24-12-14)20(21,22)23/h4-7,12-13H,8-11H2,1-3H3,(H,25,26,29). The second kappa shape index (κ2) is 7.88. The minimum atomic E-state index is -4.43. The number of halogens is 3. The smallest absolute Gasteiger partial charge is 0.367 e. The monoisotopic (exact) mass is 407 g/mol. The van der Waals surface area contributed by atoms with E-state index in [0.717, 1.165) is 11.8 Å². The van der Waals surface area contributed by atoms with Crippen molar-refractivity contribution in [2.75, 3.05) is 41.3 Å². The number of alkyl halides is 3. The van der Waals surface area contributed by atoms with E-state index in [2.05, 4.69) is 20.2 Å². The first kappa shape index (κ1) is 20.9. The van der Waals surface area contributed by atoms with Gasteiger partial charge in [-0.05, 0) is 24.3 Å². The lowest BCUT2D eigenvalue weighted by Crippen LogP contribution is -2.46. The third kappa shape index (κ3) is 5.16. The number of amides is 1. The Bertz CT molecular complexity index is 836. The highest BCUT2D eigenvalue weighted by molar-refractivity contribution is 5.93. The number of pyridine rings is 2. The van der Waals surface area contributed by atoms with E-state index in [1.54, 1.807) is 12.3 Å². The average Bonchev–Trinajstić information content (AvgIpc) is 2.67. The molecule has 0 atom stereocenters. The molecule has 2 aromatic rings. The number of nitrogens with one attached hydrogen (secondary N) is 1. The van der Waals surface area contributed by atoms with Crippen LogP contribution in [-0.4, -0.2) is 42.1 Å². The Morgan fingerprint density at radius 2 is 1.41 bits per heavy atom. The molecular weight excluding hydrogens is 383 g/mol. The van der Waals surface area contributed by atoms with Gasteiger partial charge in [0.2, 0.25) is 5.91 Å². The van der Waals surface area contributed by atoms with Crippen LogP contribution in [0.2, 0.25) is 0 Å². The van der Waals surface area contributed by atoms with Crippen LogP contribution in [0.25, 0.3) is 0 Å². The Morgan fingerprint density at radius 1 is 0.897 bits per heavy atom. The van der Waals surface area contributed by atoms with Crippen molar-refractivity contribution < 1.29 is 18.0 Å². The van der Waals surface area contributed by atoms with E-state index in [-0.39, 0.29) is 5.91 Å². The Balaban J connectivity index is 1.57. The molecule has 2 aromatic heterocycles. The lowest BCUT2D eigenvalue weighted by molar-refractivity contribution is -0.141. The molecular formula is C20H24F3N5O. The number of hydrogen-bond donors (Lipinski definition) is 1. The molecule has 1 fully saturated rings. The van der Waals surface area contributed by atoms with Gasteiger partial charge in [-0.2, -0.15) is 13.2 Å². The number of carbonyl (C=O) groups excluding carboxylic acids is 1. The summed E-state index contributed by atoms with van der Waals surface area (Å²) in [6.45, 7) is 8.24. The highest BCUT2D eigenvalue weighted by Gasteiger charge is 2.32. The highest BCUT2D eigenvalue weighted by atomic mass is 19.4. The van der Waals surface area contributed by atoms with E-state index in [9.17, 15) is 18.0 Å². The molecule has 3 heterocycles. The van der Waals surface area contributed by atoms with Crippen molar-refractivity contribution in [3.8, 4) is 0 Å². The number of hydrogen-bond acceptors (Lipinski definition) is 5. The van der Waals surface area contributed by atoms with E-state index in [1.165, 1.54) is 12.3 Å². The van der Waals surface area contributed by atoms with Crippen molar-refractivity contribution >= 4 is 23.1 Å². The van der Waals surface area contributed by atoms with Gasteiger partial charge in [0.25, 0.3) is 0 Å². The van der Waals surface area contributed by atoms with Crippen LogP contribution < -0.4 is 15.1 Å². The molecule has 3 rings (SSSR count). The second-order valence-electron chi connectivity index (χ2n) is 7.98. The number of anilines is 3. The summed E-state index contributed by atoms with van der Waals surface area (Å²) >= 11 is 0. The van der Waals surface area contributed by atoms with Crippen LogP contribution in [0.1, 0.15) is 26.5 Å². The maximum Gasteiger partial charge on any atom is 0.433 e. The third-order valence-corrected chi connectivity index (χ3v) is 4.72. The lowest BCUT2D eigenvalue weighted by Gasteiger charge is -2.37. The molecule has 0 radical (unpaired) electrons. The normalized spacial score (nSPS) is 15.4. The van der Waals surface area contributed by atoms with Gasteiger partial charge >= 0.3 is 6.18 Å². The van der Waals surface area contributed by atoms with Crippen molar-refractivity contribution in [1.29, 1.82) is 0 Å². The first-order valence-electron chi connectivity index (χ1n) is 9.35. The molecule has 6 nitrogen and oxygen atoms in total. The molecule has 0 aliphatic carbocycles.